The predicted octanol–water partition coefficient (Wildman–Crippen LogP) is 0.324. The second-order valence-electron chi connectivity index (χ2n) is 3.77. The van der Waals surface area contributed by atoms with E-state index in [2.05, 4.69) is 0 Å². The van der Waals surface area contributed by atoms with E-state index >= 15 is 0 Å². The molecule has 13 heavy (non-hydrogen) atoms. The molecule has 2 aliphatic heterocycles. The van der Waals surface area contributed by atoms with E-state index in [0.29, 0.717) is 0 Å². The third-order valence-corrected chi connectivity index (χ3v) is 2.88. The molecule has 0 bridgehead atoms. The molecule has 0 amide bonds. The Kier molecular flexibility index (Phi) is 2.51. The fraction of sp³-hybridized carbons (Fsp3) is 0.889. The zero-order chi connectivity index (χ0) is 9.26. The van der Waals surface area contributed by atoms with Crippen molar-refractivity contribution in [2.24, 2.45) is 0 Å². The standard InChI is InChI=1S/C9H15NO3/c11-9(12)8-3-4-10(8)6-7-2-1-5-13-7/h7-8H,1-6H2,(H,11,12). The Bertz CT molecular complexity index is 201. The van der Waals surface area contributed by atoms with Crippen LogP contribution >= 0.6 is 0 Å². The van der Waals surface area contributed by atoms with E-state index in [4.69, 9.17) is 9.84 Å². The van der Waals surface area contributed by atoms with E-state index in [1.165, 1.54) is 0 Å². The first kappa shape index (κ1) is 8.97. The number of hydrogen-bond donors (Lipinski definition) is 1. The van der Waals surface area contributed by atoms with Crippen LogP contribution in [0.1, 0.15) is 19.3 Å². The molecule has 2 unspecified atom stereocenters. The van der Waals surface area contributed by atoms with Crippen molar-refractivity contribution in [2.75, 3.05) is 19.7 Å². The molecule has 0 spiro atoms. The van der Waals surface area contributed by atoms with Gasteiger partial charge in [-0.3, -0.25) is 9.69 Å². The average Bonchev–Trinajstić information content (AvgIpc) is 2.48. The quantitative estimate of drug-likeness (QED) is 0.688. The van der Waals surface area contributed by atoms with Crippen molar-refractivity contribution in [3.63, 3.8) is 0 Å². The summed E-state index contributed by atoms with van der Waals surface area (Å²) < 4.78 is 5.45. The van der Waals surface area contributed by atoms with Crippen molar-refractivity contribution in [2.45, 2.75) is 31.4 Å². The van der Waals surface area contributed by atoms with Gasteiger partial charge in [-0.15, -0.1) is 0 Å². The summed E-state index contributed by atoms with van der Waals surface area (Å²) in [5.41, 5.74) is 0. The summed E-state index contributed by atoms with van der Waals surface area (Å²) in [5, 5.41) is 8.80. The number of nitrogens with zero attached hydrogens (tertiary/aromatic N) is 1. The van der Waals surface area contributed by atoms with Crippen molar-refractivity contribution in [1.29, 1.82) is 0 Å². The Hall–Kier alpha value is -0.610. The molecule has 0 aromatic heterocycles. The van der Waals surface area contributed by atoms with Crippen molar-refractivity contribution in [3.05, 3.63) is 0 Å². The summed E-state index contributed by atoms with van der Waals surface area (Å²) in [6, 6.07) is -0.246. The molecule has 2 heterocycles. The molecule has 4 nitrogen and oxygen atoms in total. The van der Waals surface area contributed by atoms with Crippen LogP contribution in [0.25, 0.3) is 0 Å². The van der Waals surface area contributed by atoms with Gasteiger partial charge in [-0.05, 0) is 19.3 Å². The summed E-state index contributed by atoms with van der Waals surface area (Å²) in [4.78, 5) is 12.7. The minimum absolute atomic E-state index is 0.246. The fourth-order valence-electron chi connectivity index (χ4n) is 1.99. The zero-order valence-electron chi connectivity index (χ0n) is 7.61. The van der Waals surface area contributed by atoms with Crippen LogP contribution in [-0.2, 0) is 9.53 Å². The Balaban J connectivity index is 1.78. The Labute approximate surface area is 77.5 Å². The molecule has 0 aromatic carbocycles. The Morgan fingerprint density at radius 1 is 1.54 bits per heavy atom. The number of rotatable bonds is 3. The molecule has 2 aliphatic rings. The lowest BCUT2D eigenvalue weighted by Crippen LogP contribution is -2.54. The van der Waals surface area contributed by atoms with Crippen LogP contribution in [0.3, 0.4) is 0 Å². The van der Waals surface area contributed by atoms with Gasteiger partial charge in [-0.2, -0.15) is 0 Å². The maximum atomic E-state index is 10.7. The van der Waals surface area contributed by atoms with E-state index in [-0.39, 0.29) is 12.1 Å². The van der Waals surface area contributed by atoms with Crippen LogP contribution in [0.5, 0.6) is 0 Å². The monoisotopic (exact) mass is 185 g/mol. The number of carbonyl (C=O) groups is 1. The van der Waals surface area contributed by atoms with Gasteiger partial charge in [0.25, 0.3) is 0 Å². The van der Waals surface area contributed by atoms with Gasteiger partial charge >= 0.3 is 5.97 Å². The predicted molar refractivity (Wildman–Crippen MR) is 46.6 cm³/mol. The van der Waals surface area contributed by atoms with Gasteiger partial charge in [0.15, 0.2) is 0 Å². The van der Waals surface area contributed by atoms with Crippen LogP contribution in [0, 0.1) is 0 Å². The summed E-state index contributed by atoms with van der Waals surface area (Å²) in [6.07, 6.45) is 3.28. The molecule has 74 valence electrons. The molecule has 0 radical (unpaired) electrons. The van der Waals surface area contributed by atoms with Gasteiger partial charge in [-0.25, -0.2) is 0 Å². The van der Waals surface area contributed by atoms with Crippen molar-refractivity contribution in [3.8, 4) is 0 Å². The number of aliphatic carboxylic acids is 1. The van der Waals surface area contributed by atoms with Crippen LogP contribution in [0.4, 0.5) is 0 Å². The molecular formula is C9H15NO3. The van der Waals surface area contributed by atoms with E-state index in [1.807, 2.05) is 4.90 Å². The van der Waals surface area contributed by atoms with Gasteiger partial charge in [-0.1, -0.05) is 0 Å². The van der Waals surface area contributed by atoms with Gasteiger partial charge in [0.1, 0.15) is 6.04 Å². The molecule has 2 atom stereocenters. The molecule has 2 fully saturated rings. The second kappa shape index (κ2) is 3.64. The van der Waals surface area contributed by atoms with Crippen molar-refractivity contribution in [1.82, 2.24) is 4.90 Å². The van der Waals surface area contributed by atoms with Gasteiger partial charge in [0.2, 0.25) is 0 Å². The smallest absolute Gasteiger partial charge is 0.320 e. The van der Waals surface area contributed by atoms with Crippen molar-refractivity contribution >= 4 is 5.97 Å². The third kappa shape index (κ3) is 1.84. The summed E-state index contributed by atoms with van der Waals surface area (Å²) in [7, 11) is 0. The summed E-state index contributed by atoms with van der Waals surface area (Å²) in [6.45, 7) is 2.56. The first-order chi connectivity index (χ1) is 6.27. The highest BCUT2D eigenvalue weighted by Gasteiger charge is 2.35. The second-order valence-corrected chi connectivity index (χ2v) is 3.77. The maximum absolute atomic E-state index is 10.7. The first-order valence-corrected chi connectivity index (χ1v) is 4.86. The molecule has 4 heteroatoms. The Morgan fingerprint density at radius 3 is 2.85 bits per heavy atom. The summed E-state index contributed by atoms with van der Waals surface area (Å²) in [5.74, 6) is -0.691. The molecule has 0 aliphatic carbocycles. The fourth-order valence-corrected chi connectivity index (χ4v) is 1.99. The van der Waals surface area contributed by atoms with E-state index in [1.54, 1.807) is 0 Å². The number of ether oxygens (including phenoxy) is 1. The van der Waals surface area contributed by atoms with Gasteiger partial charge < -0.3 is 9.84 Å². The van der Waals surface area contributed by atoms with Crippen LogP contribution in [0.2, 0.25) is 0 Å². The lowest BCUT2D eigenvalue weighted by atomic mass is 10.0. The van der Waals surface area contributed by atoms with E-state index in [0.717, 1.165) is 39.0 Å². The normalized spacial score (nSPS) is 34.5. The van der Waals surface area contributed by atoms with E-state index in [9.17, 15) is 4.79 Å². The molecule has 2 saturated heterocycles. The lowest BCUT2D eigenvalue weighted by molar-refractivity contribution is -0.149. The SMILES string of the molecule is O=C(O)C1CCN1CC1CCCO1. The number of carboxylic acid groups (broad SMARTS) is 1. The minimum atomic E-state index is -0.691. The van der Waals surface area contributed by atoms with Gasteiger partial charge in [0.05, 0.1) is 6.10 Å². The highest BCUT2D eigenvalue weighted by molar-refractivity contribution is 5.74. The molecule has 2 rings (SSSR count). The average molecular weight is 185 g/mol. The highest BCUT2D eigenvalue weighted by atomic mass is 16.5. The number of hydrogen-bond acceptors (Lipinski definition) is 3. The number of likely N-dealkylation sites (tertiary alicyclic amines) is 1. The van der Waals surface area contributed by atoms with Crippen LogP contribution in [-0.4, -0.2) is 47.8 Å². The molecule has 0 saturated carbocycles. The largest absolute Gasteiger partial charge is 0.480 e. The van der Waals surface area contributed by atoms with Gasteiger partial charge in [0, 0.05) is 19.7 Å². The topological polar surface area (TPSA) is 49.8 Å². The van der Waals surface area contributed by atoms with Crippen LogP contribution < -0.4 is 0 Å². The lowest BCUT2D eigenvalue weighted by Gasteiger charge is -2.39. The first-order valence-electron chi connectivity index (χ1n) is 4.86. The third-order valence-electron chi connectivity index (χ3n) is 2.88. The highest BCUT2D eigenvalue weighted by Crippen LogP contribution is 2.21. The van der Waals surface area contributed by atoms with E-state index < -0.39 is 5.97 Å². The number of carboxylic acids is 1. The van der Waals surface area contributed by atoms with Crippen LogP contribution in [0.15, 0.2) is 0 Å². The molecule has 1 N–H and O–H groups in total. The molecule has 0 aromatic rings. The van der Waals surface area contributed by atoms with Crippen molar-refractivity contribution < 1.29 is 14.6 Å². The Morgan fingerprint density at radius 2 is 2.38 bits per heavy atom. The maximum Gasteiger partial charge on any atom is 0.320 e. The summed E-state index contributed by atoms with van der Waals surface area (Å²) >= 11 is 0. The minimum Gasteiger partial charge on any atom is -0.480 e. The zero-order valence-corrected chi connectivity index (χ0v) is 7.61. The molecular weight excluding hydrogens is 170 g/mol.